The lowest BCUT2D eigenvalue weighted by Gasteiger charge is -2.33. The van der Waals surface area contributed by atoms with Crippen LogP contribution in [0, 0.1) is 5.92 Å². The van der Waals surface area contributed by atoms with Crippen molar-refractivity contribution in [1.29, 1.82) is 0 Å². The van der Waals surface area contributed by atoms with E-state index in [4.69, 9.17) is 14.2 Å². The Hall–Kier alpha value is -3.22. The monoisotopic (exact) mass is 358 g/mol. The van der Waals surface area contributed by atoms with Gasteiger partial charge in [0.05, 0.1) is 13.2 Å². The van der Waals surface area contributed by atoms with Gasteiger partial charge in [-0.3, -0.25) is 4.79 Å². The molecule has 138 valence electrons. The van der Waals surface area contributed by atoms with Gasteiger partial charge in [0.1, 0.15) is 19.1 Å². The van der Waals surface area contributed by atoms with Crippen molar-refractivity contribution in [2.24, 2.45) is 5.92 Å². The molecule has 1 aliphatic rings. The van der Waals surface area contributed by atoms with E-state index in [-0.39, 0.29) is 12.3 Å². The normalized spacial score (nSPS) is 19.0. The summed E-state index contributed by atoms with van der Waals surface area (Å²) >= 11 is 0. The van der Waals surface area contributed by atoms with Crippen molar-refractivity contribution in [2.45, 2.75) is 6.04 Å². The van der Waals surface area contributed by atoms with Crippen LogP contribution in [0.25, 0.3) is 0 Å². The average Bonchev–Trinajstić information content (AvgIpc) is 2.63. The van der Waals surface area contributed by atoms with Crippen LogP contribution >= 0.6 is 0 Å². The first-order chi connectivity index (χ1) is 12.5. The van der Waals surface area contributed by atoms with Crippen LogP contribution in [0.15, 0.2) is 55.8 Å². The lowest BCUT2D eigenvalue weighted by Crippen LogP contribution is -2.51. The molecular weight excluding hydrogens is 336 g/mol. The summed E-state index contributed by atoms with van der Waals surface area (Å²) in [5.74, 6) is -0.308. The highest BCUT2D eigenvalue weighted by Crippen LogP contribution is 2.35. The summed E-state index contributed by atoms with van der Waals surface area (Å²) in [5, 5.41) is 5.25. The van der Waals surface area contributed by atoms with Crippen LogP contribution in [0.4, 0.5) is 4.79 Å². The zero-order chi connectivity index (χ0) is 19.1. The number of rotatable bonds is 8. The fraction of sp³-hybridized carbons (Fsp3) is 0.263. The first-order valence-corrected chi connectivity index (χ1v) is 7.97. The largest absolute Gasteiger partial charge is 0.493 e. The van der Waals surface area contributed by atoms with Crippen LogP contribution in [0.1, 0.15) is 11.6 Å². The summed E-state index contributed by atoms with van der Waals surface area (Å²) < 4.78 is 16.0. The molecule has 1 heterocycles. The van der Waals surface area contributed by atoms with Crippen LogP contribution in [0.5, 0.6) is 11.5 Å². The Kier molecular flexibility index (Phi) is 6.43. The maximum Gasteiger partial charge on any atom is 0.319 e. The van der Waals surface area contributed by atoms with Gasteiger partial charge in [-0.05, 0) is 17.7 Å². The summed E-state index contributed by atoms with van der Waals surface area (Å²) in [4.78, 5) is 24.3. The molecule has 0 aromatic heterocycles. The number of nitrogens with one attached hydrogen (secondary N) is 2. The Morgan fingerprint density at radius 3 is 2.62 bits per heavy atom. The van der Waals surface area contributed by atoms with Gasteiger partial charge in [-0.1, -0.05) is 38.0 Å². The van der Waals surface area contributed by atoms with Gasteiger partial charge < -0.3 is 24.8 Å². The molecule has 0 saturated carbocycles. The zero-order valence-electron chi connectivity index (χ0n) is 14.6. The van der Waals surface area contributed by atoms with Gasteiger partial charge >= 0.3 is 12.0 Å². The van der Waals surface area contributed by atoms with E-state index in [1.165, 1.54) is 13.2 Å². The summed E-state index contributed by atoms with van der Waals surface area (Å²) in [6, 6.07) is 4.06. The van der Waals surface area contributed by atoms with Crippen molar-refractivity contribution in [2.75, 3.05) is 20.3 Å². The fourth-order valence-corrected chi connectivity index (χ4v) is 2.62. The summed E-state index contributed by atoms with van der Waals surface area (Å²) in [7, 11) is 1.51. The van der Waals surface area contributed by atoms with Crippen molar-refractivity contribution < 1.29 is 23.8 Å². The number of amides is 2. The Labute approximate surface area is 152 Å². The van der Waals surface area contributed by atoms with Gasteiger partial charge in [-0.2, -0.15) is 0 Å². The van der Waals surface area contributed by atoms with Crippen molar-refractivity contribution in [3.63, 3.8) is 0 Å². The SMILES string of the molecule is C=CCOC(=O)[C@@H]1C(=C)NC(=O)N[C@@H]1c1ccc(OCC=C)c(OC)c1. The minimum atomic E-state index is -0.794. The van der Waals surface area contributed by atoms with E-state index in [0.29, 0.717) is 23.7 Å². The average molecular weight is 358 g/mol. The van der Waals surface area contributed by atoms with E-state index in [0.717, 1.165) is 0 Å². The molecule has 2 rings (SSSR count). The van der Waals surface area contributed by atoms with Crippen LogP contribution in [-0.4, -0.2) is 32.3 Å². The minimum absolute atomic E-state index is 0.0704. The minimum Gasteiger partial charge on any atom is -0.493 e. The van der Waals surface area contributed by atoms with Crippen molar-refractivity contribution in [3.8, 4) is 11.5 Å². The summed E-state index contributed by atoms with van der Waals surface area (Å²) in [6.45, 7) is 11.3. The quantitative estimate of drug-likeness (QED) is 0.551. The van der Waals surface area contributed by atoms with Gasteiger partial charge in [-0.15, -0.1) is 0 Å². The second-order valence-corrected chi connectivity index (χ2v) is 5.51. The number of carbonyl (C=O) groups is 2. The molecule has 26 heavy (non-hydrogen) atoms. The first kappa shape index (κ1) is 19.1. The molecule has 7 heteroatoms. The predicted octanol–water partition coefficient (Wildman–Crippen LogP) is 2.47. The number of esters is 1. The third-order valence-corrected chi connectivity index (χ3v) is 3.77. The molecule has 0 aliphatic carbocycles. The van der Waals surface area contributed by atoms with E-state index < -0.39 is 24.0 Å². The smallest absolute Gasteiger partial charge is 0.319 e. The molecule has 1 saturated heterocycles. The highest BCUT2D eigenvalue weighted by atomic mass is 16.5. The van der Waals surface area contributed by atoms with E-state index in [9.17, 15) is 9.59 Å². The third kappa shape index (κ3) is 4.24. The molecule has 1 aliphatic heterocycles. The van der Waals surface area contributed by atoms with Crippen LogP contribution in [0.2, 0.25) is 0 Å². The molecule has 0 bridgehead atoms. The van der Waals surface area contributed by atoms with Gasteiger partial charge in [0.2, 0.25) is 0 Å². The number of methoxy groups -OCH3 is 1. The fourth-order valence-electron chi connectivity index (χ4n) is 2.62. The molecule has 2 amide bonds. The topological polar surface area (TPSA) is 85.9 Å². The van der Waals surface area contributed by atoms with E-state index in [1.54, 1.807) is 24.3 Å². The summed E-state index contributed by atoms with van der Waals surface area (Å²) in [6.07, 6.45) is 3.09. The maximum atomic E-state index is 12.4. The Bertz CT molecular complexity index is 729. The Balaban J connectivity index is 2.35. The molecule has 0 unspecified atom stereocenters. The molecule has 0 spiro atoms. The molecule has 0 radical (unpaired) electrons. The van der Waals surface area contributed by atoms with Crippen LogP contribution < -0.4 is 20.1 Å². The highest BCUT2D eigenvalue weighted by molar-refractivity contribution is 5.85. The molecule has 7 nitrogen and oxygen atoms in total. The van der Waals surface area contributed by atoms with Crippen LogP contribution in [0.3, 0.4) is 0 Å². The second kappa shape index (κ2) is 8.75. The van der Waals surface area contributed by atoms with E-state index in [1.807, 2.05) is 0 Å². The molecule has 2 N–H and O–H groups in total. The highest BCUT2D eigenvalue weighted by Gasteiger charge is 2.39. The number of hydrogen-bond acceptors (Lipinski definition) is 5. The molecule has 1 fully saturated rings. The number of carbonyl (C=O) groups excluding carboxylic acids is 2. The van der Waals surface area contributed by atoms with Gasteiger partial charge in [0, 0.05) is 5.70 Å². The maximum absolute atomic E-state index is 12.4. The number of ether oxygens (including phenoxy) is 3. The van der Waals surface area contributed by atoms with Gasteiger partial charge in [0.25, 0.3) is 0 Å². The Morgan fingerprint density at radius 1 is 1.23 bits per heavy atom. The lowest BCUT2D eigenvalue weighted by molar-refractivity contribution is -0.147. The number of urea groups is 1. The second-order valence-electron chi connectivity index (χ2n) is 5.51. The number of hydrogen-bond donors (Lipinski definition) is 2. The van der Waals surface area contributed by atoms with E-state index in [2.05, 4.69) is 30.4 Å². The molecular formula is C19H22N2O5. The first-order valence-electron chi connectivity index (χ1n) is 7.97. The lowest BCUT2D eigenvalue weighted by atomic mass is 9.89. The molecule has 1 aromatic rings. The third-order valence-electron chi connectivity index (χ3n) is 3.77. The standard InChI is InChI=1S/C19H22N2O5/c1-5-9-25-14-8-7-13(11-15(14)24-4)17-16(18(22)26-10-6-2)12(3)20-19(23)21-17/h5-8,11,16-17H,1-3,9-10H2,4H3,(H2,20,21,23)/t16-,17-/m1/s1. The summed E-state index contributed by atoms with van der Waals surface area (Å²) in [5.41, 5.74) is 0.920. The van der Waals surface area contributed by atoms with Crippen molar-refractivity contribution in [3.05, 3.63) is 61.3 Å². The van der Waals surface area contributed by atoms with Crippen molar-refractivity contribution >= 4 is 12.0 Å². The molecule has 1 aromatic carbocycles. The Morgan fingerprint density at radius 2 is 1.96 bits per heavy atom. The van der Waals surface area contributed by atoms with Crippen molar-refractivity contribution in [1.82, 2.24) is 10.6 Å². The predicted molar refractivity (Wildman–Crippen MR) is 96.9 cm³/mol. The number of benzene rings is 1. The van der Waals surface area contributed by atoms with Crippen LogP contribution in [-0.2, 0) is 9.53 Å². The molecule has 2 atom stereocenters. The zero-order valence-corrected chi connectivity index (χ0v) is 14.6. The van der Waals surface area contributed by atoms with E-state index >= 15 is 0 Å². The van der Waals surface area contributed by atoms with Gasteiger partial charge in [0.15, 0.2) is 11.5 Å². The van der Waals surface area contributed by atoms with Gasteiger partial charge in [-0.25, -0.2) is 4.79 Å².